The third-order valence-electron chi connectivity index (χ3n) is 3.33. The Balaban J connectivity index is 2.01. The number of carbonyl (C=O) groups is 2. The number of ether oxygens (including phenoxy) is 1. The van der Waals surface area contributed by atoms with Crippen molar-refractivity contribution in [2.24, 2.45) is 0 Å². The number of hydrogen-bond acceptors (Lipinski definition) is 4. The Morgan fingerprint density at radius 1 is 1.19 bits per heavy atom. The average Bonchev–Trinajstić information content (AvgIpc) is 2.47. The first-order chi connectivity index (χ1) is 9.88. The first kappa shape index (κ1) is 15.5. The van der Waals surface area contributed by atoms with Crippen molar-refractivity contribution in [1.29, 1.82) is 0 Å². The van der Waals surface area contributed by atoms with Gasteiger partial charge in [0.25, 0.3) is 0 Å². The summed E-state index contributed by atoms with van der Waals surface area (Å²) in [5.41, 5.74) is 0.918. The molecular weight excluding hydrogens is 287 g/mol. The standard InChI is InChI=1S/C14H14F3NO3/c15-14(16,17)13(20)21-12(19)10-5-3-9(4-6-10)11-2-1-7-18-8-11/h3-6,11,18H,1-2,7-8H2. The van der Waals surface area contributed by atoms with Crippen molar-refractivity contribution in [3.8, 4) is 0 Å². The maximum absolute atomic E-state index is 12.0. The highest BCUT2D eigenvalue weighted by molar-refractivity contribution is 5.98. The zero-order valence-corrected chi connectivity index (χ0v) is 11.1. The molecule has 21 heavy (non-hydrogen) atoms. The third kappa shape index (κ3) is 4.04. The summed E-state index contributed by atoms with van der Waals surface area (Å²) in [7, 11) is 0. The van der Waals surface area contributed by atoms with E-state index < -0.39 is 18.1 Å². The van der Waals surface area contributed by atoms with Crippen LogP contribution < -0.4 is 5.32 Å². The van der Waals surface area contributed by atoms with Crippen molar-refractivity contribution in [1.82, 2.24) is 5.32 Å². The van der Waals surface area contributed by atoms with Gasteiger partial charge in [-0.3, -0.25) is 0 Å². The van der Waals surface area contributed by atoms with Gasteiger partial charge in [-0.15, -0.1) is 0 Å². The molecule has 1 unspecified atom stereocenters. The lowest BCUT2D eigenvalue weighted by atomic mass is 9.91. The molecule has 1 fully saturated rings. The molecule has 1 N–H and O–H groups in total. The number of piperidine rings is 1. The number of nitrogens with one attached hydrogen (secondary N) is 1. The Labute approximate surface area is 119 Å². The number of esters is 2. The van der Waals surface area contributed by atoms with Crippen LogP contribution in [0.5, 0.6) is 0 Å². The van der Waals surface area contributed by atoms with Crippen molar-refractivity contribution >= 4 is 11.9 Å². The van der Waals surface area contributed by atoms with Crippen LogP contribution in [-0.2, 0) is 9.53 Å². The predicted octanol–water partition coefficient (Wildman–Crippen LogP) is 2.40. The summed E-state index contributed by atoms with van der Waals surface area (Å²) in [5, 5.41) is 3.25. The molecule has 0 amide bonds. The van der Waals surface area contributed by atoms with E-state index in [1.165, 1.54) is 12.1 Å². The van der Waals surface area contributed by atoms with E-state index in [4.69, 9.17) is 0 Å². The van der Waals surface area contributed by atoms with E-state index in [-0.39, 0.29) is 5.56 Å². The van der Waals surface area contributed by atoms with Gasteiger partial charge in [-0.1, -0.05) is 12.1 Å². The number of carbonyl (C=O) groups excluding carboxylic acids is 2. The second-order valence-corrected chi connectivity index (χ2v) is 4.84. The highest BCUT2D eigenvalue weighted by Crippen LogP contribution is 2.24. The summed E-state index contributed by atoms with van der Waals surface area (Å²) >= 11 is 0. The van der Waals surface area contributed by atoms with Crippen molar-refractivity contribution in [2.75, 3.05) is 13.1 Å². The zero-order chi connectivity index (χ0) is 15.5. The van der Waals surface area contributed by atoms with E-state index in [1.807, 2.05) is 0 Å². The van der Waals surface area contributed by atoms with Crippen LogP contribution in [0.2, 0.25) is 0 Å². The van der Waals surface area contributed by atoms with Crippen LogP contribution in [0, 0.1) is 0 Å². The van der Waals surface area contributed by atoms with Crippen LogP contribution in [0.3, 0.4) is 0 Å². The Morgan fingerprint density at radius 3 is 2.38 bits per heavy atom. The fourth-order valence-electron chi connectivity index (χ4n) is 2.23. The molecule has 1 aromatic rings. The van der Waals surface area contributed by atoms with Gasteiger partial charge >= 0.3 is 18.1 Å². The molecule has 1 heterocycles. The maximum Gasteiger partial charge on any atom is 0.491 e. The van der Waals surface area contributed by atoms with Gasteiger partial charge in [-0.25, -0.2) is 9.59 Å². The van der Waals surface area contributed by atoms with Crippen LogP contribution in [-0.4, -0.2) is 31.2 Å². The van der Waals surface area contributed by atoms with Gasteiger partial charge in [-0.2, -0.15) is 13.2 Å². The van der Waals surface area contributed by atoms with Gasteiger partial charge in [0, 0.05) is 6.54 Å². The molecule has 1 atom stereocenters. The third-order valence-corrected chi connectivity index (χ3v) is 3.33. The van der Waals surface area contributed by atoms with E-state index in [2.05, 4.69) is 10.1 Å². The van der Waals surface area contributed by atoms with E-state index in [0.717, 1.165) is 31.5 Å². The molecular formula is C14H14F3NO3. The lowest BCUT2D eigenvalue weighted by Crippen LogP contribution is -2.28. The smallest absolute Gasteiger partial charge is 0.383 e. The largest absolute Gasteiger partial charge is 0.491 e. The molecule has 1 aromatic carbocycles. The second-order valence-electron chi connectivity index (χ2n) is 4.84. The van der Waals surface area contributed by atoms with E-state index >= 15 is 0 Å². The van der Waals surface area contributed by atoms with Crippen molar-refractivity contribution in [3.05, 3.63) is 35.4 Å². The minimum absolute atomic E-state index is 0.0832. The van der Waals surface area contributed by atoms with Crippen LogP contribution in [0.25, 0.3) is 0 Å². The molecule has 0 aliphatic carbocycles. The molecule has 4 nitrogen and oxygen atoms in total. The number of hydrogen-bond donors (Lipinski definition) is 1. The van der Waals surface area contributed by atoms with Crippen LogP contribution in [0.4, 0.5) is 13.2 Å². The molecule has 114 valence electrons. The summed E-state index contributed by atoms with van der Waals surface area (Å²) in [6.07, 6.45) is -3.11. The number of rotatable bonds is 2. The highest BCUT2D eigenvalue weighted by Gasteiger charge is 2.42. The molecule has 0 bridgehead atoms. The van der Waals surface area contributed by atoms with Gasteiger partial charge < -0.3 is 10.1 Å². The lowest BCUT2D eigenvalue weighted by molar-refractivity contribution is -0.193. The molecule has 1 aliphatic heterocycles. The Hall–Kier alpha value is -1.89. The molecule has 0 spiro atoms. The monoisotopic (exact) mass is 301 g/mol. The average molecular weight is 301 g/mol. The molecule has 7 heteroatoms. The SMILES string of the molecule is O=C(OC(=O)C(F)(F)F)c1ccc(C2CCCNC2)cc1. The molecule has 0 saturated carbocycles. The zero-order valence-electron chi connectivity index (χ0n) is 11.1. The van der Waals surface area contributed by atoms with Crippen molar-refractivity contribution in [2.45, 2.75) is 24.9 Å². The number of benzene rings is 1. The Kier molecular flexibility index (Phi) is 4.62. The summed E-state index contributed by atoms with van der Waals surface area (Å²) in [6.45, 7) is 1.80. The highest BCUT2D eigenvalue weighted by atomic mass is 19.4. The van der Waals surface area contributed by atoms with Crippen molar-refractivity contribution < 1.29 is 27.5 Å². The minimum Gasteiger partial charge on any atom is -0.383 e. The van der Waals surface area contributed by atoms with Crippen molar-refractivity contribution in [3.63, 3.8) is 0 Å². The normalized spacial score (nSPS) is 19.1. The Bertz CT molecular complexity index is 519. The second kappa shape index (κ2) is 6.26. The lowest BCUT2D eigenvalue weighted by Gasteiger charge is -2.23. The van der Waals surface area contributed by atoms with Gasteiger partial charge in [-0.05, 0) is 43.0 Å². The van der Waals surface area contributed by atoms with Crippen LogP contribution >= 0.6 is 0 Å². The summed E-state index contributed by atoms with van der Waals surface area (Å²) in [4.78, 5) is 22.0. The molecule has 2 rings (SSSR count). The maximum atomic E-state index is 12.0. The first-order valence-electron chi connectivity index (χ1n) is 6.52. The van der Waals surface area contributed by atoms with Gasteiger partial charge in [0.15, 0.2) is 0 Å². The van der Waals surface area contributed by atoms with E-state index in [0.29, 0.717) is 5.92 Å². The fourth-order valence-corrected chi connectivity index (χ4v) is 2.23. The summed E-state index contributed by atoms with van der Waals surface area (Å²) in [6, 6.07) is 6.09. The van der Waals surface area contributed by atoms with Gasteiger partial charge in [0.05, 0.1) is 5.56 Å². The fraction of sp³-hybridized carbons (Fsp3) is 0.429. The van der Waals surface area contributed by atoms with Crippen LogP contribution in [0.15, 0.2) is 24.3 Å². The molecule has 0 aromatic heterocycles. The molecule has 1 saturated heterocycles. The number of halogens is 3. The summed E-state index contributed by atoms with van der Waals surface area (Å²) in [5.74, 6) is -3.49. The first-order valence-corrected chi connectivity index (χ1v) is 6.52. The summed E-state index contributed by atoms with van der Waals surface area (Å²) < 4.78 is 39.8. The van der Waals surface area contributed by atoms with Gasteiger partial charge in [0.2, 0.25) is 0 Å². The topological polar surface area (TPSA) is 55.4 Å². The number of alkyl halides is 3. The van der Waals surface area contributed by atoms with E-state index in [9.17, 15) is 22.8 Å². The quantitative estimate of drug-likeness (QED) is 0.673. The Morgan fingerprint density at radius 2 is 1.86 bits per heavy atom. The predicted molar refractivity (Wildman–Crippen MR) is 67.8 cm³/mol. The van der Waals surface area contributed by atoms with Crippen LogP contribution in [0.1, 0.15) is 34.7 Å². The minimum atomic E-state index is -5.18. The van der Waals surface area contributed by atoms with E-state index in [1.54, 1.807) is 12.1 Å². The molecule has 0 radical (unpaired) electrons. The van der Waals surface area contributed by atoms with Gasteiger partial charge in [0.1, 0.15) is 0 Å². The molecule has 1 aliphatic rings.